The predicted octanol–water partition coefficient (Wildman–Crippen LogP) is 6.82. The summed E-state index contributed by atoms with van der Waals surface area (Å²) in [5.74, 6) is 1.53. The molecular formula is C40H54N8O2. The third-order valence-electron chi connectivity index (χ3n) is 10.5. The van der Waals surface area contributed by atoms with E-state index in [1.807, 2.05) is 26.2 Å². The lowest BCUT2D eigenvalue weighted by Gasteiger charge is -2.33. The van der Waals surface area contributed by atoms with Gasteiger partial charge in [-0.05, 0) is 74.6 Å². The first-order valence-corrected chi connectivity index (χ1v) is 18.0. The van der Waals surface area contributed by atoms with Crippen LogP contribution in [0, 0.1) is 10.8 Å². The summed E-state index contributed by atoms with van der Waals surface area (Å²) in [5.41, 5.74) is 4.30. The Morgan fingerprint density at radius 3 is 1.26 bits per heavy atom. The molecule has 2 aromatic heterocycles. The minimum Gasteiger partial charge on any atom is -0.346 e. The van der Waals surface area contributed by atoms with Crippen molar-refractivity contribution in [3.8, 4) is 33.6 Å². The minimum absolute atomic E-state index is 0.0142. The molecule has 6 N–H and O–H groups in total. The van der Waals surface area contributed by atoms with Crippen LogP contribution < -0.4 is 21.3 Å². The number of aromatic nitrogens is 4. The first-order chi connectivity index (χ1) is 23.6. The summed E-state index contributed by atoms with van der Waals surface area (Å²) in [6, 6.07) is 16.2. The molecular weight excluding hydrogens is 624 g/mol. The Labute approximate surface area is 296 Å². The lowest BCUT2D eigenvalue weighted by molar-refractivity contribution is -0.128. The first-order valence-electron chi connectivity index (χ1n) is 18.0. The van der Waals surface area contributed by atoms with Gasteiger partial charge < -0.3 is 31.2 Å². The molecule has 0 saturated carbocycles. The van der Waals surface area contributed by atoms with Gasteiger partial charge in [0.15, 0.2) is 0 Å². The van der Waals surface area contributed by atoms with E-state index in [0.29, 0.717) is 0 Å². The number of hydrogen-bond donors (Lipinski definition) is 6. The maximum absolute atomic E-state index is 13.3. The normalized spacial score (nSPS) is 22.3. The molecule has 2 amide bonds. The summed E-state index contributed by atoms with van der Waals surface area (Å²) in [5, 5.41) is 13.3. The lowest BCUT2D eigenvalue weighted by Crippen LogP contribution is -2.53. The van der Waals surface area contributed by atoms with Gasteiger partial charge >= 0.3 is 0 Å². The van der Waals surface area contributed by atoms with Gasteiger partial charge in [-0.2, -0.15) is 0 Å². The summed E-state index contributed by atoms with van der Waals surface area (Å²) < 4.78 is 0. The topological polar surface area (TPSA) is 140 Å². The van der Waals surface area contributed by atoms with Gasteiger partial charge in [0, 0.05) is 23.5 Å². The van der Waals surface area contributed by atoms with Gasteiger partial charge in [-0.15, -0.1) is 0 Å². The van der Waals surface area contributed by atoms with Crippen molar-refractivity contribution in [2.24, 2.45) is 10.8 Å². The Morgan fingerprint density at radius 1 is 0.620 bits per heavy atom. The van der Waals surface area contributed by atoms with Crippen LogP contribution in [0.15, 0.2) is 60.9 Å². The van der Waals surface area contributed by atoms with Crippen molar-refractivity contribution in [1.29, 1.82) is 0 Å². The van der Waals surface area contributed by atoms with Gasteiger partial charge in [0.05, 0.1) is 34.5 Å². The summed E-state index contributed by atoms with van der Waals surface area (Å²) in [6.07, 6.45) is 7.48. The molecule has 0 aliphatic carbocycles. The van der Waals surface area contributed by atoms with Crippen LogP contribution in [0.4, 0.5) is 0 Å². The monoisotopic (exact) mass is 678 g/mol. The van der Waals surface area contributed by atoms with Gasteiger partial charge in [-0.3, -0.25) is 9.59 Å². The van der Waals surface area contributed by atoms with Gasteiger partial charge in [0.25, 0.3) is 0 Å². The van der Waals surface area contributed by atoms with Crippen LogP contribution in [-0.4, -0.2) is 55.9 Å². The van der Waals surface area contributed by atoms with Crippen molar-refractivity contribution in [1.82, 2.24) is 41.2 Å². The first kappa shape index (κ1) is 35.5. The number of nitrogens with one attached hydrogen (secondary N) is 6. The molecule has 10 nitrogen and oxygen atoms in total. The SMILES string of the molecule is CC(C)(C)[C@H](NC(=O)[C@]1(C)CCCN1)c1nc(-c2ccc(-c3ccc(-c4c[nH]c([C@@H](NC(=O)[C@]5(C)CCCN5)C(C)(C)C)n4)cc3)cc2)c[nH]1. The zero-order valence-corrected chi connectivity index (χ0v) is 30.9. The molecule has 2 saturated heterocycles. The van der Waals surface area contributed by atoms with E-state index in [9.17, 15) is 9.59 Å². The molecule has 2 fully saturated rings. The van der Waals surface area contributed by atoms with E-state index in [-0.39, 0.29) is 34.7 Å². The van der Waals surface area contributed by atoms with Crippen molar-refractivity contribution >= 4 is 11.8 Å². The van der Waals surface area contributed by atoms with E-state index in [2.05, 4.69) is 121 Å². The lowest BCUT2D eigenvalue weighted by atomic mass is 9.85. The van der Waals surface area contributed by atoms with Crippen LogP contribution in [0.2, 0.25) is 0 Å². The second kappa shape index (κ2) is 13.5. The number of carbonyl (C=O) groups is 2. The summed E-state index contributed by atoms with van der Waals surface area (Å²) in [6.45, 7) is 18.4. The van der Waals surface area contributed by atoms with E-state index in [4.69, 9.17) is 9.97 Å². The van der Waals surface area contributed by atoms with Crippen LogP contribution in [0.1, 0.15) is 105 Å². The molecule has 4 aromatic rings. The Morgan fingerprint density at radius 2 is 0.960 bits per heavy atom. The fourth-order valence-corrected chi connectivity index (χ4v) is 7.08. The molecule has 266 valence electrons. The number of rotatable bonds is 9. The Bertz CT molecular complexity index is 1660. The number of benzene rings is 2. The number of nitrogens with zero attached hydrogens (tertiary/aromatic N) is 2. The third kappa shape index (κ3) is 7.42. The molecule has 2 aliphatic rings. The fourth-order valence-electron chi connectivity index (χ4n) is 7.08. The number of H-pyrrole nitrogens is 2. The van der Waals surface area contributed by atoms with Gasteiger partial charge in [0.2, 0.25) is 11.8 Å². The van der Waals surface area contributed by atoms with E-state index >= 15 is 0 Å². The van der Waals surface area contributed by atoms with Gasteiger partial charge in [-0.25, -0.2) is 9.97 Å². The van der Waals surface area contributed by atoms with Crippen molar-refractivity contribution in [2.45, 2.75) is 104 Å². The number of imidazole rings is 2. The second-order valence-corrected chi connectivity index (χ2v) is 16.8. The van der Waals surface area contributed by atoms with Crippen molar-refractivity contribution in [3.05, 3.63) is 72.6 Å². The Balaban J connectivity index is 1.14. The van der Waals surface area contributed by atoms with Crippen molar-refractivity contribution < 1.29 is 9.59 Å². The highest BCUT2D eigenvalue weighted by Gasteiger charge is 2.41. The average Bonchev–Trinajstić information content (AvgIpc) is 3.90. The van der Waals surface area contributed by atoms with E-state index < -0.39 is 11.1 Å². The standard InChI is InChI=1S/C40H54N8O2/c1-37(2,3)31(47-35(49)39(7)19-9-21-43-39)33-41-23-29(45-33)27-15-11-25(12-16-27)26-13-17-28(18-14-26)30-24-42-34(46-30)32(38(4,5)6)48-36(50)40(8)20-10-22-44-40/h11-18,23-24,31-32,43-44H,9-10,19-22H2,1-8H3,(H,41,45)(H,42,46)(H,47,49)(H,48,50)/t31-,32-,39+,40+/m1/s1. The fraction of sp³-hybridized carbons (Fsp3) is 0.500. The number of amides is 2. The zero-order chi connectivity index (χ0) is 35.9. The molecule has 4 atom stereocenters. The smallest absolute Gasteiger partial charge is 0.240 e. The van der Waals surface area contributed by atoms with Crippen LogP contribution >= 0.6 is 0 Å². The van der Waals surface area contributed by atoms with Crippen LogP contribution in [-0.2, 0) is 9.59 Å². The third-order valence-corrected chi connectivity index (χ3v) is 10.5. The molecule has 0 unspecified atom stereocenters. The highest BCUT2D eigenvalue weighted by Crippen LogP contribution is 2.36. The number of hydrogen-bond acceptors (Lipinski definition) is 6. The molecule has 4 heterocycles. The molecule has 0 bridgehead atoms. The maximum Gasteiger partial charge on any atom is 0.240 e. The molecule has 50 heavy (non-hydrogen) atoms. The molecule has 0 radical (unpaired) electrons. The van der Waals surface area contributed by atoms with E-state index in [0.717, 1.165) is 84.1 Å². The summed E-state index contributed by atoms with van der Waals surface area (Å²) in [4.78, 5) is 43.1. The molecule has 2 aromatic carbocycles. The molecule has 0 spiro atoms. The largest absolute Gasteiger partial charge is 0.346 e. The van der Waals surface area contributed by atoms with E-state index in [1.165, 1.54) is 0 Å². The minimum atomic E-state index is -0.548. The highest BCUT2D eigenvalue weighted by molar-refractivity contribution is 5.87. The quantitative estimate of drug-likeness (QED) is 0.115. The van der Waals surface area contributed by atoms with Crippen molar-refractivity contribution in [3.63, 3.8) is 0 Å². The van der Waals surface area contributed by atoms with Crippen LogP contribution in [0.25, 0.3) is 33.6 Å². The van der Waals surface area contributed by atoms with Crippen molar-refractivity contribution in [2.75, 3.05) is 13.1 Å². The zero-order valence-electron chi connectivity index (χ0n) is 30.9. The Hall–Kier alpha value is -4.28. The second-order valence-electron chi connectivity index (χ2n) is 16.8. The molecule has 2 aliphatic heterocycles. The molecule has 10 heteroatoms. The van der Waals surface area contributed by atoms with Crippen LogP contribution in [0.5, 0.6) is 0 Å². The molecule has 6 rings (SSSR count). The van der Waals surface area contributed by atoms with E-state index in [1.54, 1.807) is 0 Å². The maximum atomic E-state index is 13.3. The van der Waals surface area contributed by atoms with Gasteiger partial charge in [-0.1, -0.05) is 90.1 Å². The highest BCUT2D eigenvalue weighted by atomic mass is 16.2. The number of aromatic amines is 2. The number of carbonyl (C=O) groups excluding carboxylic acids is 2. The van der Waals surface area contributed by atoms with Gasteiger partial charge in [0.1, 0.15) is 11.6 Å². The predicted molar refractivity (Wildman–Crippen MR) is 199 cm³/mol. The summed E-state index contributed by atoms with van der Waals surface area (Å²) in [7, 11) is 0. The van der Waals surface area contributed by atoms with Crippen LogP contribution in [0.3, 0.4) is 0 Å². The Kier molecular flexibility index (Phi) is 9.56. The average molecular weight is 679 g/mol. The summed E-state index contributed by atoms with van der Waals surface area (Å²) >= 11 is 0.